The van der Waals surface area contributed by atoms with E-state index in [0.717, 1.165) is 19.4 Å². The first-order valence-corrected chi connectivity index (χ1v) is 8.05. The maximum Gasteiger partial charge on any atom is 0.307 e. The van der Waals surface area contributed by atoms with Gasteiger partial charge in [0.05, 0.1) is 19.6 Å². The van der Waals surface area contributed by atoms with Crippen LogP contribution in [0.4, 0.5) is 0 Å². The van der Waals surface area contributed by atoms with Crippen molar-refractivity contribution >= 4 is 17.3 Å². The molecule has 1 N–H and O–H groups in total. The van der Waals surface area contributed by atoms with Crippen LogP contribution in [0.1, 0.15) is 29.3 Å². The molecule has 3 nitrogen and oxygen atoms in total. The quantitative estimate of drug-likeness (QED) is 0.598. The third kappa shape index (κ3) is 5.33. The molecule has 2 rings (SSSR count). The first-order valence-electron chi connectivity index (χ1n) is 7.17. The lowest BCUT2D eigenvalue weighted by Gasteiger charge is -2.16. The fraction of sp³-hybridized carbons (Fsp3) is 0.353. The van der Waals surface area contributed by atoms with Crippen LogP contribution in [-0.2, 0) is 16.0 Å². The summed E-state index contributed by atoms with van der Waals surface area (Å²) in [5, 5.41) is 5.50. The SMILES string of the molecule is COC(=O)CC(NCCCc1ccccc1)c1cccs1. The van der Waals surface area contributed by atoms with Crippen molar-refractivity contribution in [2.75, 3.05) is 13.7 Å². The maximum absolute atomic E-state index is 11.5. The van der Waals surface area contributed by atoms with Gasteiger partial charge in [-0.2, -0.15) is 0 Å². The Morgan fingerprint density at radius 3 is 2.71 bits per heavy atom. The summed E-state index contributed by atoms with van der Waals surface area (Å²) in [5.74, 6) is -0.177. The van der Waals surface area contributed by atoms with Crippen LogP contribution in [-0.4, -0.2) is 19.6 Å². The van der Waals surface area contributed by atoms with Crippen molar-refractivity contribution in [3.63, 3.8) is 0 Å². The van der Waals surface area contributed by atoms with E-state index in [0.29, 0.717) is 6.42 Å². The molecule has 1 unspecified atom stereocenters. The third-order valence-corrected chi connectivity index (χ3v) is 4.35. The van der Waals surface area contributed by atoms with Gasteiger partial charge in [0.2, 0.25) is 0 Å². The fourth-order valence-electron chi connectivity index (χ4n) is 2.23. The lowest BCUT2D eigenvalue weighted by atomic mass is 10.1. The normalized spacial score (nSPS) is 12.0. The lowest BCUT2D eigenvalue weighted by molar-refractivity contribution is -0.141. The number of hydrogen-bond acceptors (Lipinski definition) is 4. The van der Waals surface area contributed by atoms with Gasteiger partial charge < -0.3 is 10.1 Å². The number of methoxy groups -OCH3 is 1. The van der Waals surface area contributed by atoms with Gasteiger partial charge >= 0.3 is 5.97 Å². The van der Waals surface area contributed by atoms with E-state index < -0.39 is 0 Å². The zero-order chi connectivity index (χ0) is 14.9. The molecule has 0 saturated heterocycles. The zero-order valence-electron chi connectivity index (χ0n) is 12.2. The third-order valence-electron chi connectivity index (χ3n) is 3.36. The van der Waals surface area contributed by atoms with E-state index in [2.05, 4.69) is 35.6 Å². The number of carbonyl (C=O) groups excluding carboxylic acids is 1. The van der Waals surface area contributed by atoms with Crippen molar-refractivity contribution in [3.8, 4) is 0 Å². The zero-order valence-corrected chi connectivity index (χ0v) is 13.1. The maximum atomic E-state index is 11.5. The summed E-state index contributed by atoms with van der Waals surface area (Å²) in [6.07, 6.45) is 2.47. The molecule has 1 aromatic heterocycles. The molecule has 0 saturated carbocycles. The molecule has 2 aromatic rings. The van der Waals surface area contributed by atoms with Crippen molar-refractivity contribution in [2.45, 2.75) is 25.3 Å². The minimum atomic E-state index is -0.177. The predicted molar refractivity (Wildman–Crippen MR) is 86.5 cm³/mol. The van der Waals surface area contributed by atoms with Crippen LogP contribution in [0, 0.1) is 0 Å². The number of aryl methyl sites for hydroxylation is 1. The summed E-state index contributed by atoms with van der Waals surface area (Å²) in [5.41, 5.74) is 1.35. The van der Waals surface area contributed by atoms with Gasteiger partial charge in [0.15, 0.2) is 0 Å². The molecule has 0 aliphatic carbocycles. The molecule has 0 spiro atoms. The summed E-state index contributed by atoms with van der Waals surface area (Å²) in [6.45, 7) is 0.883. The van der Waals surface area contributed by atoms with Crippen LogP contribution in [0.25, 0.3) is 0 Å². The van der Waals surface area contributed by atoms with Crippen LogP contribution in [0.15, 0.2) is 47.8 Å². The second-order valence-corrected chi connectivity index (χ2v) is 5.87. The lowest BCUT2D eigenvalue weighted by Crippen LogP contribution is -2.25. The number of thiophene rings is 1. The van der Waals surface area contributed by atoms with E-state index in [1.165, 1.54) is 17.6 Å². The average molecular weight is 303 g/mol. The van der Waals surface area contributed by atoms with Crippen molar-refractivity contribution in [2.24, 2.45) is 0 Å². The molecule has 4 heteroatoms. The topological polar surface area (TPSA) is 38.3 Å². The van der Waals surface area contributed by atoms with Crippen LogP contribution < -0.4 is 5.32 Å². The Morgan fingerprint density at radius 1 is 1.24 bits per heavy atom. The first-order chi connectivity index (χ1) is 10.3. The van der Waals surface area contributed by atoms with Crippen LogP contribution in [0.3, 0.4) is 0 Å². The second kappa shape index (κ2) is 8.60. The number of hydrogen-bond donors (Lipinski definition) is 1. The Balaban J connectivity index is 1.80. The molecular weight excluding hydrogens is 282 g/mol. The van der Waals surface area contributed by atoms with Gasteiger partial charge in [-0.1, -0.05) is 36.4 Å². The molecule has 0 amide bonds. The minimum Gasteiger partial charge on any atom is -0.469 e. The van der Waals surface area contributed by atoms with Crippen LogP contribution in [0.5, 0.6) is 0 Å². The van der Waals surface area contributed by atoms with Crippen molar-refractivity contribution < 1.29 is 9.53 Å². The first kappa shape index (κ1) is 15.7. The van der Waals surface area contributed by atoms with Gasteiger partial charge in [-0.25, -0.2) is 0 Å². The highest BCUT2D eigenvalue weighted by atomic mass is 32.1. The summed E-state index contributed by atoms with van der Waals surface area (Å²) < 4.78 is 4.78. The highest BCUT2D eigenvalue weighted by Crippen LogP contribution is 2.22. The number of carbonyl (C=O) groups is 1. The van der Waals surface area contributed by atoms with Gasteiger partial charge in [-0.15, -0.1) is 11.3 Å². The van der Waals surface area contributed by atoms with Gasteiger partial charge in [0, 0.05) is 4.88 Å². The van der Waals surface area contributed by atoms with E-state index in [9.17, 15) is 4.79 Å². The molecule has 1 aromatic carbocycles. The van der Waals surface area contributed by atoms with Crippen molar-refractivity contribution in [3.05, 3.63) is 58.3 Å². The van der Waals surface area contributed by atoms with E-state index >= 15 is 0 Å². The Labute approximate surface area is 130 Å². The fourth-order valence-corrected chi connectivity index (χ4v) is 3.03. The second-order valence-electron chi connectivity index (χ2n) is 4.89. The van der Waals surface area contributed by atoms with E-state index in [1.807, 2.05) is 17.5 Å². The predicted octanol–water partition coefficient (Wildman–Crippen LogP) is 3.57. The van der Waals surface area contributed by atoms with Crippen LogP contribution >= 0.6 is 11.3 Å². The largest absolute Gasteiger partial charge is 0.469 e. The minimum absolute atomic E-state index is 0.0493. The van der Waals surface area contributed by atoms with E-state index in [-0.39, 0.29) is 12.0 Å². The summed E-state index contributed by atoms with van der Waals surface area (Å²) in [4.78, 5) is 12.7. The number of esters is 1. The summed E-state index contributed by atoms with van der Waals surface area (Å²) in [7, 11) is 1.43. The Kier molecular flexibility index (Phi) is 6.44. The smallest absolute Gasteiger partial charge is 0.307 e. The molecule has 0 aliphatic rings. The highest BCUT2D eigenvalue weighted by Gasteiger charge is 2.16. The number of nitrogens with one attached hydrogen (secondary N) is 1. The molecule has 112 valence electrons. The molecule has 1 atom stereocenters. The Hall–Kier alpha value is -1.65. The molecule has 0 bridgehead atoms. The van der Waals surface area contributed by atoms with Crippen LogP contribution in [0.2, 0.25) is 0 Å². The molecule has 0 aliphatic heterocycles. The van der Waals surface area contributed by atoms with Crippen molar-refractivity contribution in [1.29, 1.82) is 0 Å². The standard InChI is InChI=1S/C17H21NO2S/c1-20-17(19)13-15(16-10-6-12-21-16)18-11-5-9-14-7-3-2-4-8-14/h2-4,6-8,10,12,15,18H,5,9,11,13H2,1H3. The number of ether oxygens (including phenoxy) is 1. The van der Waals surface area contributed by atoms with Gasteiger partial charge in [0.25, 0.3) is 0 Å². The molecular formula is C17H21NO2S. The highest BCUT2D eigenvalue weighted by molar-refractivity contribution is 7.10. The molecule has 0 fully saturated rings. The number of rotatable bonds is 8. The number of benzene rings is 1. The van der Waals surface area contributed by atoms with Gasteiger partial charge in [-0.3, -0.25) is 4.79 Å². The van der Waals surface area contributed by atoms with Crippen molar-refractivity contribution in [1.82, 2.24) is 5.32 Å². The van der Waals surface area contributed by atoms with Gasteiger partial charge in [0.1, 0.15) is 0 Å². The van der Waals surface area contributed by atoms with E-state index in [4.69, 9.17) is 4.74 Å². The molecule has 21 heavy (non-hydrogen) atoms. The Bertz CT molecular complexity index is 525. The average Bonchev–Trinajstić information content (AvgIpc) is 3.05. The van der Waals surface area contributed by atoms with Gasteiger partial charge in [-0.05, 0) is 36.4 Å². The Morgan fingerprint density at radius 2 is 2.05 bits per heavy atom. The van der Waals surface area contributed by atoms with E-state index in [1.54, 1.807) is 11.3 Å². The monoisotopic (exact) mass is 303 g/mol. The summed E-state index contributed by atoms with van der Waals surface area (Å²) in [6, 6.07) is 14.6. The molecule has 0 radical (unpaired) electrons. The molecule has 1 heterocycles. The summed E-state index contributed by atoms with van der Waals surface area (Å²) >= 11 is 1.67.